The Kier molecular flexibility index (Phi) is 3.69. The van der Waals surface area contributed by atoms with E-state index in [-0.39, 0.29) is 11.6 Å². The molecule has 1 aromatic carbocycles. The van der Waals surface area contributed by atoms with Crippen LogP contribution in [0.4, 0.5) is 10.1 Å². The van der Waals surface area contributed by atoms with E-state index in [0.29, 0.717) is 23.3 Å². The maximum atomic E-state index is 14.2. The third kappa shape index (κ3) is 2.26. The molecular formula is C15H20FNO. The van der Waals surface area contributed by atoms with E-state index in [1.807, 2.05) is 0 Å². The van der Waals surface area contributed by atoms with Gasteiger partial charge in [0.05, 0.1) is 5.69 Å². The van der Waals surface area contributed by atoms with Gasteiger partial charge in [0.25, 0.3) is 0 Å². The highest BCUT2D eigenvalue weighted by atomic mass is 19.1. The number of rotatable bonds is 3. The fraction of sp³-hybridized carbons (Fsp3) is 0.533. The van der Waals surface area contributed by atoms with Crippen molar-refractivity contribution in [1.29, 1.82) is 0 Å². The maximum absolute atomic E-state index is 14.2. The topological polar surface area (TPSA) is 20.3 Å². The normalized spacial score (nSPS) is 23.4. The molecule has 1 aliphatic rings. The van der Waals surface area contributed by atoms with Gasteiger partial charge in [-0.15, -0.1) is 0 Å². The second-order valence-corrected chi connectivity index (χ2v) is 5.12. The van der Waals surface area contributed by atoms with Gasteiger partial charge in [0.1, 0.15) is 5.82 Å². The Morgan fingerprint density at radius 2 is 2.17 bits per heavy atom. The molecule has 1 heterocycles. The summed E-state index contributed by atoms with van der Waals surface area (Å²) in [5.41, 5.74) is 1.08. The van der Waals surface area contributed by atoms with Crippen molar-refractivity contribution in [2.75, 3.05) is 4.90 Å². The van der Waals surface area contributed by atoms with Gasteiger partial charge in [-0.25, -0.2) is 4.39 Å². The van der Waals surface area contributed by atoms with E-state index in [9.17, 15) is 9.18 Å². The van der Waals surface area contributed by atoms with Crippen molar-refractivity contribution in [2.24, 2.45) is 0 Å². The molecule has 0 aromatic heterocycles. The van der Waals surface area contributed by atoms with E-state index in [4.69, 9.17) is 0 Å². The lowest BCUT2D eigenvalue weighted by Gasteiger charge is -2.30. The van der Waals surface area contributed by atoms with Gasteiger partial charge in [0.2, 0.25) is 0 Å². The number of halogens is 1. The number of Topliss-reactive ketones (excluding diaryl/α,β-unsaturated/α-hetero) is 1. The largest absolute Gasteiger partial charge is 0.363 e. The third-order valence-electron chi connectivity index (χ3n) is 3.89. The standard InChI is InChI=1S/C15H20FNO/c1-4-13-7-5-10(2)17(13)15-8-6-12(11(3)18)9-14(15)16/h6,8-10,13H,4-5,7H2,1-3H3. The molecule has 0 amide bonds. The zero-order valence-corrected chi connectivity index (χ0v) is 11.2. The maximum Gasteiger partial charge on any atom is 0.159 e. The minimum absolute atomic E-state index is 0.0954. The predicted molar refractivity (Wildman–Crippen MR) is 71.7 cm³/mol. The van der Waals surface area contributed by atoms with Crippen LogP contribution in [0.25, 0.3) is 0 Å². The van der Waals surface area contributed by atoms with Gasteiger partial charge >= 0.3 is 0 Å². The Labute approximate surface area is 108 Å². The highest BCUT2D eigenvalue weighted by Gasteiger charge is 2.31. The molecule has 0 radical (unpaired) electrons. The smallest absolute Gasteiger partial charge is 0.159 e. The molecular weight excluding hydrogens is 229 g/mol. The molecule has 0 aliphatic carbocycles. The summed E-state index contributed by atoms with van der Waals surface area (Å²) in [4.78, 5) is 13.4. The number of ketones is 1. The number of benzene rings is 1. The van der Waals surface area contributed by atoms with Gasteiger partial charge in [-0.3, -0.25) is 4.79 Å². The van der Waals surface area contributed by atoms with Gasteiger partial charge in [-0.2, -0.15) is 0 Å². The van der Waals surface area contributed by atoms with Crippen molar-refractivity contribution in [3.63, 3.8) is 0 Å². The molecule has 18 heavy (non-hydrogen) atoms. The highest BCUT2D eigenvalue weighted by Crippen LogP contribution is 2.33. The van der Waals surface area contributed by atoms with E-state index >= 15 is 0 Å². The molecule has 1 saturated heterocycles. The van der Waals surface area contributed by atoms with E-state index in [2.05, 4.69) is 18.7 Å². The van der Waals surface area contributed by atoms with Gasteiger partial charge in [-0.1, -0.05) is 6.92 Å². The number of anilines is 1. The van der Waals surface area contributed by atoms with Crippen molar-refractivity contribution >= 4 is 11.5 Å². The van der Waals surface area contributed by atoms with Crippen molar-refractivity contribution < 1.29 is 9.18 Å². The first-order chi connectivity index (χ1) is 8.54. The zero-order valence-electron chi connectivity index (χ0n) is 11.2. The summed E-state index contributed by atoms with van der Waals surface area (Å²) in [7, 11) is 0. The monoisotopic (exact) mass is 249 g/mol. The Morgan fingerprint density at radius 1 is 1.44 bits per heavy atom. The van der Waals surface area contributed by atoms with Crippen LogP contribution in [0.1, 0.15) is 50.4 Å². The molecule has 2 atom stereocenters. The van der Waals surface area contributed by atoms with Crippen LogP contribution in [0.2, 0.25) is 0 Å². The summed E-state index contributed by atoms with van der Waals surface area (Å²) in [5, 5.41) is 0. The van der Waals surface area contributed by atoms with Crippen molar-refractivity contribution in [2.45, 2.75) is 52.1 Å². The highest BCUT2D eigenvalue weighted by molar-refractivity contribution is 5.94. The van der Waals surface area contributed by atoms with Gasteiger partial charge < -0.3 is 4.90 Å². The first-order valence-electron chi connectivity index (χ1n) is 6.63. The van der Waals surface area contributed by atoms with Crippen LogP contribution in [0.15, 0.2) is 18.2 Å². The molecule has 2 nitrogen and oxygen atoms in total. The zero-order chi connectivity index (χ0) is 13.3. The van der Waals surface area contributed by atoms with Crippen LogP contribution in [0, 0.1) is 5.82 Å². The Bertz CT molecular complexity index is 458. The van der Waals surface area contributed by atoms with E-state index < -0.39 is 0 Å². The summed E-state index contributed by atoms with van der Waals surface area (Å²) in [6.07, 6.45) is 3.25. The van der Waals surface area contributed by atoms with Crippen molar-refractivity contribution in [1.82, 2.24) is 0 Å². The molecule has 2 rings (SSSR count). The van der Waals surface area contributed by atoms with Crippen LogP contribution in [-0.4, -0.2) is 17.9 Å². The predicted octanol–water partition coefficient (Wildman–Crippen LogP) is 3.80. The van der Waals surface area contributed by atoms with Crippen LogP contribution in [-0.2, 0) is 0 Å². The molecule has 0 spiro atoms. The number of hydrogen-bond donors (Lipinski definition) is 0. The van der Waals surface area contributed by atoms with Crippen LogP contribution >= 0.6 is 0 Å². The van der Waals surface area contributed by atoms with E-state index in [0.717, 1.165) is 19.3 Å². The SMILES string of the molecule is CCC1CCC(C)N1c1ccc(C(C)=O)cc1F. The number of carbonyl (C=O) groups is 1. The fourth-order valence-electron chi connectivity index (χ4n) is 2.84. The molecule has 1 fully saturated rings. The molecule has 0 saturated carbocycles. The molecule has 1 aromatic rings. The first-order valence-corrected chi connectivity index (χ1v) is 6.63. The van der Waals surface area contributed by atoms with Gasteiger partial charge in [-0.05, 0) is 51.3 Å². The summed E-state index contributed by atoms with van der Waals surface area (Å²) < 4.78 is 14.2. The van der Waals surface area contributed by atoms with Crippen LogP contribution in [0.5, 0.6) is 0 Å². The molecule has 0 bridgehead atoms. The second-order valence-electron chi connectivity index (χ2n) is 5.12. The molecule has 0 N–H and O–H groups in total. The van der Waals surface area contributed by atoms with E-state index in [1.54, 1.807) is 12.1 Å². The number of hydrogen-bond acceptors (Lipinski definition) is 2. The third-order valence-corrected chi connectivity index (χ3v) is 3.89. The van der Waals surface area contributed by atoms with Crippen LogP contribution in [0.3, 0.4) is 0 Å². The Hall–Kier alpha value is -1.38. The lowest BCUT2D eigenvalue weighted by molar-refractivity contribution is 0.101. The second kappa shape index (κ2) is 5.09. The molecule has 98 valence electrons. The minimum atomic E-state index is -0.282. The van der Waals surface area contributed by atoms with Crippen LogP contribution < -0.4 is 4.90 Å². The Balaban J connectivity index is 2.35. The fourth-order valence-corrected chi connectivity index (χ4v) is 2.84. The minimum Gasteiger partial charge on any atom is -0.363 e. The quantitative estimate of drug-likeness (QED) is 0.759. The molecule has 1 aliphatic heterocycles. The van der Waals surface area contributed by atoms with Gasteiger partial charge in [0, 0.05) is 17.6 Å². The van der Waals surface area contributed by atoms with Crippen molar-refractivity contribution in [3.8, 4) is 0 Å². The molecule has 2 unspecified atom stereocenters. The van der Waals surface area contributed by atoms with Crippen molar-refractivity contribution in [3.05, 3.63) is 29.6 Å². The summed E-state index contributed by atoms with van der Waals surface area (Å²) in [5.74, 6) is -0.378. The molecule has 3 heteroatoms. The number of nitrogens with zero attached hydrogens (tertiary/aromatic N) is 1. The summed E-state index contributed by atoms with van der Waals surface area (Å²) >= 11 is 0. The first kappa shape index (κ1) is 13.1. The average Bonchev–Trinajstić information content (AvgIpc) is 2.70. The van der Waals surface area contributed by atoms with Gasteiger partial charge in [0.15, 0.2) is 5.78 Å². The average molecular weight is 249 g/mol. The Morgan fingerprint density at radius 3 is 2.72 bits per heavy atom. The number of carbonyl (C=O) groups excluding carboxylic acids is 1. The summed E-state index contributed by atoms with van der Waals surface area (Å²) in [6.45, 7) is 5.73. The summed E-state index contributed by atoms with van der Waals surface area (Å²) in [6, 6.07) is 5.61. The lowest BCUT2D eigenvalue weighted by atomic mass is 10.1. The van der Waals surface area contributed by atoms with E-state index in [1.165, 1.54) is 13.0 Å². The lowest BCUT2D eigenvalue weighted by Crippen LogP contribution is -2.34.